The Kier molecular flexibility index (Phi) is 4.56. The Balaban J connectivity index is 0.000000151. The molecule has 26 heavy (non-hydrogen) atoms. The molecule has 0 atom stereocenters. The van der Waals surface area contributed by atoms with Crippen LogP contribution in [-0.4, -0.2) is 39.5 Å². The van der Waals surface area contributed by atoms with E-state index in [0.717, 1.165) is 9.25 Å². The molecule has 0 aliphatic heterocycles. The minimum atomic E-state index is -0.546. The van der Waals surface area contributed by atoms with Crippen molar-refractivity contribution < 1.29 is 0 Å². The zero-order valence-electron chi connectivity index (χ0n) is 13.0. The molecule has 0 fully saturated rings. The lowest BCUT2D eigenvalue weighted by molar-refractivity contribution is 0.805. The number of rotatable bonds is 2. The second-order valence-electron chi connectivity index (χ2n) is 4.80. The molecule has 0 aliphatic carbocycles. The van der Waals surface area contributed by atoms with Crippen LogP contribution in [0.2, 0.25) is 0 Å². The molecule has 0 radical (unpaired) electrons. The van der Waals surface area contributed by atoms with E-state index < -0.39 is 22.8 Å². The molecule has 0 saturated heterocycles. The van der Waals surface area contributed by atoms with Gasteiger partial charge in [-0.25, -0.2) is 44.0 Å². The number of nitrogens with zero attached hydrogens (tertiary/aromatic N) is 4. The lowest BCUT2D eigenvalue weighted by Crippen LogP contribution is -2.24. The summed E-state index contributed by atoms with van der Waals surface area (Å²) in [5.74, 6) is 0.380. The topological polar surface area (TPSA) is 167 Å². The molecule has 0 unspecified atom stereocenters. The van der Waals surface area contributed by atoms with Crippen molar-refractivity contribution in [3.8, 4) is 11.5 Å². The summed E-state index contributed by atoms with van der Waals surface area (Å²) < 4.78 is 2.01. The van der Waals surface area contributed by atoms with Gasteiger partial charge in [-0.2, -0.15) is 4.68 Å². The van der Waals surface area contributed by atoms with E-state index in [1.165, 1.54) is 12.4 Å². The fourth-order valence-electron chi connectivity index (χ4n) is 2.01. The highest BCUT2D eigenvalue weighted by molar-refractivity contribution is 5.26. The smallest absolute Gasteiger partial charge is 0.263 e. The molecule has 4 heterocycles. The summed E-state index contributed by atoms with van der Waals surface area (Å²) in [7, 11) is 0. The highest BCUT2D eigenvalue weighted by Gasteiger charge is 2.04. The van der Waals surface area contributed by atoms with Crippen LogP contribution in [-0.2, 0) is 0 Å². The lowest BCUT2D eigenvalue weighted by atomic mass is 10.4. The molecule has 12 heteroatoms. The van der Waals surface area contributed by atoms with Crippen molar-refractivity contribution in [2.45, 2.75) is 0 Å². The first kappa shape index (κ1) is 16.6. The first-order valence-electron chi connectivity index (χ1n) is 7.19. The van der Waals surface area contributed by atoms with Gasteiger partial charge in [-0.1, -0.05) is 6.07 Å². The Bertz CT molecular complexity index is 1180. The number of nitrogens with one attached hydrogen (secondary N) is 4. The monoisotopic (exact) mass is 356 g/mol. The zero-order valence-corrected chi connectivity index (χ0v) is 13.0. The van der Waals surface area contributed by atoms with Crippen molar-refractivity contribution in [1.82, 2.24) is 39.5 Å². The fraction of sp³-hybridized carbons (Fsp3) is 0. The van der Waals surface area contributed by atoms with E-state index >= 15 is 0 Å². The van der Waals surface area contributed by atoms with Crippen LogP contribution in [0, 0.1) is 0 Å². The second-order valence-corrected chi connectivity index (χ2v) is 4.80. The molecule has 0 amide bonds. The highest BCUT2D eigenvalue weighted by Crippen LogP contribution is 1.96. The van der Waals surface area contributed by atoms with Gasteiger partial charge in [0.1, 0.15) is 0 Å². The molecule has 132 valence electrons. The van der Waals surface area contributed by atoms with E-state index in [9.17, 15) is 19.2 Å². The van der Waals surface area contributed by atoms with E-state index in [2.05, 4.69) is 30.2 Å². The largest absolute Gasteiger partial charge is 0.350 e. The van der Waals surface area contributed by atoms with Crippen LogP contribution in [0.25, 0.3) is 11.5 Å². The predicted octanol–water partition coefficient (Wildman–Crippen LogP) is -1.50. The van der Waals surface area contributed by atoms with Crippen molar-refractivity contribution in [3.05, 3.63) is 90.9 Å². The van der Waals surface area contributed by atoms with E-state index in [-0.39, 0.29) is 0 Å². The number of hydrogen-bond acceptors (Lipinski definition) is 6. The summed E-state index contributed by atoms with van der Waals surface area (Å²) in [5, 5.41) is 6.65. The Labute approximate surface area is 142 Å². The normalized spacial score (nSPS) is 10.2. The molecule has 12 nitrogen and oxygen atoms in total. The Hall–Kier alpha value is -4.22. The van der Waals surface area contributed by atoms with E-state index in [0.29, 0.717) is 11.5 Å². The van der Waals surface area contributed by atoms with Crippen LogP contribution in [0.1, 0.15) is 0 Å². The van der Waals surface area contributed by atoms with Gasteiger partial charge in [0, 0.05) is 12.4 Å². The minimum absolute atomic E-state index is 0.380. The second kappa shape index (κ2) is 7.12. The van der Waals surface area contributed by atoms with Gasteiger partial charge in [0.15, 0.2) is 5.82 Å². The van der Waals surface area contributed by atoms with Gasteiger partial charge in [0.2, 0.25) is 0 Å². The maximum atomic E-state index is 11.1. The van der Waals surface area contributed by atoms with E-state index in [1.54, 1.807) is 36.5 Å². The molecule has 0 aromatic carbocycles. The van der Waals surface area contributed by atoms with Gasteiger partial charge in [-0.3, -0.25) is 9.97 Å². The lowest BCUT2D eigenvalue weighted by Gasteiger charge is -1.95. The van der Waals surface area contributed by atoms with Crippen LogP contribution in [0.3, 0.4) is 0 Å². The van der Waals surface area contributed by atoms with Crippen molar-refractivity contribution in [2.75, 3.05) is 0 Å². The standard InChI is InChI=1S/2C7H6N4O2/c12-6-9-10-7(13)11(6)5-2-1-3-8-4-5;12-6-9-7(13)11(10-6)5-3-1-2-4-8-5/h1-4H,(H,9,12)(H,10,13);1-4H,(H2,9,10,12,13). The van der Waals surface area contributed by atoms with E-state index in [4.69, 9.17) is 0 Å². The van der Waals surface area contributed by atoms with Gasteiger partial charge in [0.05, 0.1) is 11.9 Å². The van der Waals surface area contributed by atoms with E-state index in [1.807, 2.05) is 0 Å². The zero-order chi connectivity index (χ0) is 18.5. The van der Waals surface area contributed by atoms with Crippen LogP contribution >= 0.6 is 0 Å². The summed E-state index contributed by atoms with van der Waals surface area (Å²) in [6, 6.07) is 8.33. The summed E-state index contributed by atoms with van der Waals surface area (Å²) >= 11 is 0. The average Bonchev–Trinajstić information content (AvgIpc) is 3.17. The molecular weight excluding hydrogens is 344 g/mol. The van der Waals surface area contributed by atoms with Gasteiger partial charge in [-0.05, 0) is 24.3 Å². The maximum Gasteiger partial charge on any atom is 0.350 e. The number of H-pyrrole nitrogens is 4. The van der Waals surface area contributed by atoms with Crippen molar-refractivity contribution in [2.24, 2.45) is 0 Å². The summed E-state index contributed by atoms with van der Waals surface area (Å²) in [4.78, 5) is 53.7. The van der Waals surface area contributed by atoms with Crippen molar-refractivity contribution in [1.29, 1.82) is 0 Å². The minimum Gasteiger partial charge on any atom is -0.263 e. The highest BCUT2D eigenvalue weighted by atomic mass is 16.2. The molecule has 4 aromatic heterocycles. The average molecular weight is 356 g/mol. The molecule has 0 aliphatic rings. The van der Waals surface area contributed by atoms with Crippen LogP contribution in [0.4, 0.5) is 0 Å². The fourth-order valence-corrected chi connectivity index (χ4v) is 2.01. The van der Waals surface area contributed by atoms with Crippen LogP contribution in [0.15, 0.2) is 68.1 Å². The predicted molar refractivity (Wildman–Crippen MR) is 89.6 cm³/mol. The Morgan fingerprint density at radius 1 is 0.846 bits per heavy atom. The quantitative estimate of drug-likeness (QED) is 0.341. The van der Waals surface area contributed by atoms with Gasteiger partial charge >= 0.3 is 22.8 Å². The third-order valence-corrected chi connectivity index (χ3v) is 3.10. The Morgan fingerprint density at radius 2 is 1.62 bits per heavy atom. The molecular formula is C14H12N8O4. The van der Waals surface area contributed by atoms with Gasteiger partial charge in [-0.15, -0.1) is 0 Å². The maximum absolute atomic E-state index is 11.1. The number of hydrogen-bond donors (Lipinski definition) is 4. The third kappa shape index (κ3) is 3.48. The summed E-state index contributed by atoms with van der Waals surface area (Å²) in [5.41, 5.74) is -1.63. The Morgan fingerprint density at radius 3 is 2.15 bits per heavy atom. The number of pyridine rings is 2. The molecule has 4 rings (SSSR count). The summed E-state index contributed by atoms with van der Waals surface area (Å²) in [6.07, 6.45) is 4.53. The SMILES string of the molecule is O=c1[nH][nH]c(=O)n1-c1cccnc1.O=c1[nH]c(=O)n(-c2ccccn2)[nH]1. The molecule has 4 N–H and O–H groups in total. The van der Waals surface area contributed by atoms with Crippen LogP contribution in [0.5, 0.6) is 0 Å². The van der Waals surface area contributed by atoms with Gasteiger partial charge < -0.3 is 0 Å². The number of aromatic nitrogens is 8. The molecule has 0 spiro atoms. The number of aromatic amines is 4. The van der Waals surface area contributed by atoms with Crippen LogP contribution < -0.4 is 22.8 Å². The third-order valence-electron chi connectivity index (χ3n) is 3.10. The molecule has 0 saturated carbocycles. The first-order chi connectivity index (χ1) is 12.6. The molecule has 0 bridgehead atoms. The van der Waals surface area contributed by atoms with Crippen molar-refractivity contribution >= 4 is 0 Å². The summed E-state index contributed by atoms with van der Waals surface area (Å²) in [6.45, 7) is 0. The van der Waals surface area contributed by atoms with Gasteiger partial charge in [0.25, 0.3) is 0 Å². The van der Waals surface area contributed by atoms with Crippen molar-refractivity contribution in [3.63, 3.8) is 0 Å². The molecule has 4 aromatic rings. The first-order valence-corrected chi connectivity index (χ1v) is 7.19.